The normalized spacial score (nSPS) is 11.8. The summed E-state index contributed by atoms with van der Waals surface area (Å²) in [6, 6.07) is 2.97. The van der Waals surface area contributed by atoms with Crippen molar-refractivity contribution in [3.8, 4) is 5.75 Å². The van der Waals surface area contributed by atoms with Crippen molar-refractivity contribution >= 4 is 34.6 Å². The molecular formula is C16H12F3N3O6S. The molecule has 1 heterocycles. The number of amides is 1. The molecule has 1 amide bonds. The lowest BCUT2D eigenvalue weighted by Gasteiger charge is -2.06. The highest BCUT2D eigenvalue weighted by molar-refractivity contribution is 7.10. The summed E-state index contributed by atoms with van der Waals surface area (Å²) in [5.41, 5.74) is 0.409. The fourth-order valence-corrected chi connectivity index (χ4v) is 3.05. The van der Waals surface area contributed by atoms with Crippen LogP contribution in [0.3, 0.4) is 0 Å². The predicted octanol–water partition coefficient (Wildman–Crippen LogP) is 3.32. The third-order valence-corrected chi connectivity index (χ3v) is 4.61. The molecule has 0 unspecified atom stereocenters. The van der Waals surface area contributed by atoms with Gasteiger partial charge in [-0.25, -0.2) is 10.2 Å². The second-order valence-electron chi connectivity index (χ2n) is 5.44. The number of thiophene rings is 1. The molecule has 2 aromatic rings. The van der Waals surface area contributed by atoms with Crippen LogP contribution >= 0.6 is 11.3 Å². The van der Waals surface area contributed by atoms with Gasteiger partial charge in [0.1, 0.15) is 11.3 Å². The van der Waals surface area contributed by atoms with E-state index in [-0.39, 0.29) is 33.7 Å². The first-order valence-corrected chi connectivity index (χ1v) is 8.44. The fraction of sp³-hybridized carbons (Fsp3) is 0.188. The van der Waals surface area contributed by atoms with Crippen LogP contribution in [-0.4, -0.2) is 34.7 Å². The van der Waals surface area contributed by atoms with Gasteiger partial charge in [0.05, 0.1) is 23.3 Å². The number of hydrazone groups is 1. The zero-order valence-corrected chi connectivity index (χ0v) is 15.6. The summed E-state index contributed by atoms with van der Waals surface area (Å²) in [6.45, 7) is 1.25. The van der Waals surface area contributed by atoms with Gasteiger partial charge < -0.3 is 9.84 Å². The molecule has 29 heavy (non-hydrogen) atoms. The van der Waals surface area contributed by atoms with Gasteiger partial charge in [0, 0.05) is 17.0 Å². The van der Waals surface area contributed by atoms with Crippen molar-refractivity contribution < 1.29 is 37.5 Å². The molecule has 0 spiro atoms. The van der Waals surface area contributed by atoms with E-state index in [1.807, 2.05) is 5.43 Å². The first-order valence-electron chi connectivity index (χ1n) is 7.56. The van der Waals surface area contributed by atoms with Crippen LogP contribution < -0.4 is 5.43 Å². The summed E-state index contributed by atoms with van der Waals surface area (Å²) in [7, 11) is 1.04. The van der Waals surface area contributed by atoms with Crippen LogP contribution in [0.1, 0.15) is 38.1 Å². The number of hydrogen-bond donors (Lipinski definition) is 2. The standard InChI is InChI=1S/C16H12F3N3O6S/c1-7(10-6-29-13(12(10)23)16(17,18)19)20-21-14(24)8-3-4-9(15(25)28-2)11(5-8)22(26)27/h3-6,23H,1-2H3,(H,21,24). The smallest absolute Gasteiger partial charge is 0.429 e. The quantitative estimate of drug-likeness (QED) is 0.323. The number of nitro benzene ring substituents is 1. The molecule has 154 valence electrons. The Bertz CT molecular complexity index is 1020. The van der Waals surface area contributed by atoms with Gasteiger partial charge >= 0.3 is 12.1 Å². The number of alkyl halides is 3. The van der Waals surface area contributed by atoms with Gasteiger partial charge in [0.2, 0.25) is 0 Å². The van der Waals surface area contributed by atoms with E-state index < -0.39 is 39.3 Å². The number of esters is 1. The summed E-state index contributed by atoms with van der Waals surface area (Å²) in [5.74, 6) is -2.91. The number of methoxy groups -OCH3 is 1. The monoisotopic (exact) mass is 431 g/mol. The van der Waals surface area contributed by atoms with Crippen LogP contribution in [0.2, 0.25) is 0 Å². The largest absolute Gasteiger partial charge is 0.506 e. The zero-order chi connectivity index (χ0) is 21.9. The van der Waals surface area contributed by atoms with E-state index in [1.54, 1.807) is 0 Å². The number of carbonyl (C=O) groups excluding carboxylic acids is 2. The van der Waals surface area contributed by atoms with Crippen molar-refractivity contribution in [2.75, 3.05) is 7.11 Å². The maximum Gasteiger partial charge on any atom is 0.429 e. The molecule has 2 N–H and O–H groups in total. The number of nitro groups is 1. The van der Waals surface area contributed by atoms with E-state index in [0.29, 0.717) is 0 Å². The number of aromatic hydroxyl groups is 1. The Kier molecular flexibility index (Phi) is 6.21. The molecule has 0 fully saturated rings. The average molecular weight is 431 g/mol. The Balaban J connectivity index is 2.27. The summed E-state index contributed by atoms with van der Waals surface area (Å²) >= 11 is 0.266. The highest BCUT2D eigenvalue weighted by Gasteiger charge is 2.37. The molecule has 0 atom stereocenters. The van der Waals surface area contributed by atoms with Crippen molar-refractivity contribution in [2.45, 2.75) is 13.1 Å². The number of rotatable bonds is 5. The number of halogens is 3. The topological polar surface area (TPSA) is 131 Å². The molecule has 2 rings (SSSR count). The number of carbonyl (C=O) groups is 2. The van der Waals surface area contributed by atoms with Gasteiger partial charge in [0.15, 0.2) is 4.88 Å². The minimum atomic E-state index is -4.74. The Labute approximate surface area is 164 Å². The first-order chi connectivity index (χ1) is 13.5. The van der Waals surface area contributed by atoms with Gasteiger partial charge in [0.25, 0.3) is 11.6 Å². The van der Waals surface area contributed by atoms with Gasteiger partial charge in [-0.1, -0.05) is 0 Å². The minimum absolute atomic E-state index is 0.122. The first kappa shape index (κ1) is 21.8. The lowest BCUT2D eigenvalue weighted by atomic mass is 10.1. The van der Waals surface area contributed by atoms with Crippen LogP contribution in [0.25, 0.3) is 0 Å². The molecule has 0 saturated carbocycles. The van der Waals surface area contributed by atoms with E-state index in [2.05, 4.69) is 9.84 Å². The minimum Gasteiger partial charge on any atom is -0.506 e. The van der Waals surface area contributed by atoms with Crippen LogP contribution in [0.5, 0.6) is 5.75 Å². The summed E-state index contributed by atoms with van der Waals surface area (Å²) in [5, 5.41) is 25.4. The molecule has 0 radical (unpaired) electrons. The third-order valence-electron chi connectivity index (χ3n) is 3.60. The second-order valence-corrected chi connectivity index (χ2v) is 6.32. The maximum absolute atomic E-state index is 12.7. The van der Waals surface area contributed by atoms with Crippen molar-refractivity contribution in [1.29, 1.82) is 0 Å². The fourth-order valence-electron chi connectivity index (χ4n) is 2.18. The molecule has 0 aliphatic rings. The number of benzene rings is 1. The highest BCUT2D eigenvalue weighted by atomic mass is 32.1. The van der Waals surface area contributed by atoms with Crippen LogP contribution in [0, 0.1) is 10.1 Å². The van der Waals surface area contributed by atoms with Crippen molar-refractivity contribution in [1.82, 2.24) is 5.43 Å². The number of nitrogens with zero attached hydrogens (tertiary/aromatic N) is 2. The lowest BCUT2D eigenvalue weighted by Crippen LogP contribution is -2.20. The van der Waals surface area contributed by atoms with Gasteiger partial charge in [-0.3, -0.25) is 14.9 Å². The summed E-state index contributed by atoms with van der Waals surface area (Å²) < 4.78 is 42.6. The van der Waals surface area contributed by atoms with Crippen molar-refractivity contribution in [3.63, 3.8) is 0 Å². The SMILES string of the molecule is COC(=O)c1ccc(C(=O)NN=C(C)c2csc(C(F)(F)F)c2O)cc1[N+](=O)[O-]. The number of hydrogen-bond acceptors (Lipinski definition) is 8. The number of ether oxygens (including phenoxy) is 1. The molecular weight excluding hydrogens is 419 g/mol. The molecule has 0 saturated heterocycles. The Morgan fingerprint density at radius 2 is 1.97 bits per heavy atom. The maximum atomic E-state index is 12.7. The Morgan fingerprint density at radius 3 is 2.48 bits per heavy atom. The van der Waals surface area contributed by atoms with Crippen LogP contribution in [0.15, 0.2) is 28.7 Å². The molecule has 13 heteroatoms. The lowest BCUT2D eigenvalue weighted by molar-refractivity contribution is -0.385. The van der Waals surface area contributed by atoms with E-state index in [9.17, 15) is 38.0 Å². The molecule has 9 nitrogen and oxygen atoms in total. The molecule has 0 aliphatic carbocycles. The summed E-state index contributed by atoms with van der Waals surface area (Å²) in [4.78, 5) is 32.7. The molecule has 1 aromatic heterocycles. The zero-order valence-electron chi connectivity index (χ0n) is 14.7. The van der Waals surface area contributed by atoms with Crippen LogP contribution in [0.4, 0.5) is 18.9 Å². The van der Waals surface area contributed by atoms with E-state index >= 15 is 0 Å². The van der Waals surface area contributed by atoms with Gasteiger partial charge in [-0.2, -0.15) is 18.3 Å². The second kappa shape index (κ2) is 8.26. The summed E-state index contributed by atoms with van der Waals surface area (Å²) in [6.07, 6.45) is -4.74. The Morgan fingerprint density at radius 1 is 1.31 bits per heavy atom. The number of nitrogens with one attached hydrogen (secondary N) is 1. The van der Waals surface area contributed by atoms with Crippen LogP contribution in [-0.2, 0) is 10.9 Å². The van der Waals surface area contributed by atoms with E-state index in [0.717, 1.165) is 30.7 Å². The average Bonchev–Trinajstić information content (AvgIpc) is 3.06. The van der Waals surface area contributed by atoms with Gasteiger partial charge in [-0.05, 0) is 19.1 Å². The van der Waals surface area contributed by atoms with Crippen molar-refractivity contribution in [2.24, 2.45) is 5.10 Å². The molecule has 0 aliphatic heterocycles. The predicted molar refractivity (Wildman–Crippen MR) is 95.1 cm³/mol. The molecule has 0 bridgehead atoms. The Hall–Kier alpha value is -3.48. The van der Waals surface area contributed by atoms with E-state index in [4.69, 9.17) is 0 Å². The van der Waals surface area contributed by atoms with Crippen molar-refractivity contribution in [3.05, 3.63) is 55.3 Å². The highest BCUT2D eigenvalue weighted by Crippen LogP contribution is 2.42. The van der Waals surface area contributed by atoms with E-state index in [1.165, 1.54) is 6.92 Å². The molecule has 1 aromatic carbocycles. The third kappa shape index (κ3) is 4.68. The van der Waals surface area contributed by atoms with Gasteiger partial charge in [-0.15, -0.1) is 11.3 Å².